The zero-order chi connectivity index (χ0) is 15.6. The highest BCUT2D eigenvalue weighted by Gasteiger charge is 2.05. The molecule has 2 aromatic rings. The monoisotopic (exact) mass is 298 g/mol. The highest BCUT2D eigenvalue weighted by atomic mass is 16.5. The number of rotatable bonds is 7. The van der Waals surface area contributed by atoms with Crippen molar-refractivity contribution in [2.45, 2.75) is 6.42 Å². The molecule has 0 unspecified atom stereocenters. The van der Waals surface area contributed by atoms with Crippen molar-refractivity contribution in [2.24, 2.45) is 5.10 Å². The fourth-order valence-electron chi connectivity index (χ4n) is 1.80. The summed E-state index contributed by atoms with van der Waals surface area (Å²) in [5, 5.41) is 3.89. The van der Waals surface area contributed by atoms with E-state index in [1.165, 1.54) is 0 Å². The minimum atomic E-state index is -0.324. The Bertz CT molecular complexity index is 627. The Kier molecular flexibility index (Phi) is 5.99. The molecule has 0 aliphatic carbocycles. The Balaban J connectivity index is 1.74. The number of nitrogens with one attached hydrogen (secondary N) is 1. The lowest BCUT2D eigenvalue weighted by molar-refractivity contribution is -0.123. The van der Waals surface area contributed by atoms with Crippen LogP contribution < -0.4 is 14.9 Å². The molecule has 0 atom stereocenters. The summed E-state index contributed by atoms with van der Waals surface area (Å²) in [5.74, 6) is 0.784. The second-order valence-electron chi connectivity index (χ2n) is 4.48. The van der Waals surface area contributed by atoms with Crippen LogP contribution in [0.1, 0.15) is 5.56 Å². The van der Waals surface area contributed by atoms with Gasteiger partial charge in [0.2, 0.25) is 0 Å². The standard InChI is InChI=1S/C17H18N2O3/c1-21-15-9-5-6-10-16(15)22-13-17(20)19-18-12-11-14-7-3-2-4-8-14/h2-10,12H,11,13H2,1H3,(H,19,20). The quantitative estimate of drug-likeness (QED) is 0.631. The number of hydrazone groups is 1. The molecule has 0 fully saturated rings. The van der Waals surface area contributed by atoms with Crippen LogP contribution >= 0.6 is 0 Å². The Hall–Kier alpha value is -2.82. The SMILES string of the molecule is COc1ccccc1OCC(=O)NN=CCc1ccccc1. The molecule has 0 radical (unpaired) electrons. The third kappa shape index (κ3) is 4.94. The third-order valence-corrected chi connectivity index (χ3v) is 2.88. The number of methoxy groups -OCH3 is 1. The van der Waals surface area contributed by atoms with Crippen molar-refractivity contribution in [3.05, 3.63) is 60.2 Å². The zero-order valence-corrected chi connectivity index (χ0v) is 12.4. The van der Waals surface area contributed by atoms with Gasteiger partial charge in [-0.05, 0) is 17.7 Å². The summed E-state index contributed by atoms with van der Waals surface area (Å²) in [6, 6.07) is 17.0. The number of nitrogens with zero attached hydrogens (tertiary/aromatic N) is 1. The summed E-state index contributed by atoms with van der Waals surface area (Å²) in [4.78, 5) is 11.6. The first-order valence-electron chi connectivity index (χ1n) is 6.89. The number of carbonyl (C=O) groups is 1. The van der Waals surface area contributed by atoms with Gasteiger partial charge in [0.15, 0.2) is 18.1 Å². The zero-order valence-electron chi connectivity index (χ0n) is 12.4. The van der Waals surface area contributed by atoms with Crippen molar-refractivity contribution in [1.29, 1.82) is 0 Å². The first-order chi connectivity index (χ1) is 10.8. The van der Waals surface area contributed by atoms with Gasteiger partial charge in [-0.15, -0.1) is 0 Å². The lowest BCUT2D eigenvalue weighted by Crippen LogP contribution is -2.24. The van der Waals surface area contributed by atoms with Crippen LogP contribution in [0, 0.1) is 0 Å². The number of amides is 1. The van der Waals surface area contributed by atoms with Gasteiger partial charge in [-0.3, -0.25) is 4.79 Å². The molecule has 0 aliphatic heterocycles. The van der Waals surface area contributed by atoms with E-state index in [1.807, 2.05) is 42.5 Å². The molecule has 1 amide bonds. The fraction of sp³-hybridized carbons (Fsp3) is 0.176. The lowest BCUT2D eigenvalue weighted by atomic mass is 10.2. The minimum absolute atomic E-state index is 0.122. The molecule has 1 N–H and O–H groups in total. The van der Waals surface area contributed by atoms with Gasteiger partial charge < -0.3 is 9.47 Å². The summed E-state index contributed by atoms with van der Waals surface area (Å²) in [7, 11) is 1.55. The van der Waals surface area contributed by atoms with E-state index in [0.717, 1.165) is 5.56 Å². The van der Waals surface area contributed by atoms with E-state index in [9.17, 15) is 4.79 Å². The molecule has 0 saturated carbocycles. The summed E-state index contributed by atoms with van der Waals surface area (Å²) in [5.41, 5.74) is 3.56. The van der Waals surface area contributed by atoms with Crippen molar-refractivity contribution in [3.8, 4) is 11.5 Å². The molecule has 0 bridgehead atoms. The predicted octanol–water partition coefficient (Wildman–Crippen LogP) is 2.42. The van der Waals surface area contributed by atoms with Crippen molar-refractivity contribution in [3.63, 3.8) is 0 Å². The Morgan fingerprint density at radius 3 is 2.50 bits per heavy atom. The van der Waals surface area contributed by atoms with Crippen LogP contribution in [0.3, 0.4) is 0 Å². The summed E-state index contributed by atoms with van der Waals surface area (Å²) in [6.07, 6.45) is 2.31. The average Bonchev–Trinajstić information content (AvgIpc) is 2.58. The molecule has 0 aliphatic rings. The molecule has 0 aromatic heterocycles. The summed E-state index contributed by atoms with van der Waals surface area (Å²) in [6.45, 7) is -0.122. The maximum Gasteiger partial charge on any atom is 0.277 e. The minimum Gasteiger partial charge on any atom is -0.493 e. The summed E-state index contributed by atoms with van der Waals surface area (Å²) >= 11 is 0. The fourth-order valence-corrected chi connectivity index (χ4v) is 1.80. The molecule has 22 heavy (non-hydrogen) atoms. The van der Waals surface area contributed by atoms with Crippen molar-refractivity contribution < 1.29 is 14.3 Å². The van der Waals surface area contributed by atoms with E-state index < -0.39 is 0 Å². The molecular formula is C17H18N2O3. The summed E-state index contributed by atoms with van der Waals surface area (Å²) < 4.78 is 10.5. The van der Waals surface area contributed by atoms with Gasteiger partial charge in [-0.2, -0.15) is 5.10 Å². The van der Waals surface area contributed by atoms with E-state index in [4.69, 9.17) is 9.47 Å². The Morgan fingerprint density at radius 2 is 1.77 bits per heavy atom. The van der Waals surface area contributed by atoms with Crippen LogP contribution in [0.5, 0.6) is 11.5 Å². The number of carbonyl (C=O) groups excluding carboxylic acids is 1. The van der Waals surface area contributed by atoms with Crippen molar-refractivity contribution >= 4 is 12.1 Å². The van der Waals surface area contributed by atoms with Gasteiger partial charge in [-0.1, -0.05) is 42.5 Å². The van der Waals surface area contributed by atoms with Gasteiger partial charge in [0.1, 0.15) is 0 Å². The molecule has 2 rings (SSSR count). The van der Waals surface area contributed by atoms with Gasteiger partial charge in [0.05, 0.1) is 7.11 Å². The second-order valence-corrected chi connectivity index (χ2v) is 4.48. The number of para-hydroxylation sites is 2. The number of ether oxygens (including phenoxy) is 2. The predicted molar refractivity (Wildman–Crippen MR) is 85.3 cm³/mol. The lowest BCUT2D eigenvalue weighted by Gasteiger charge is -2.09. The van der Waals surface area contributed by atoms with E-state index in [-0.39, 0.29) is 12.5 Å². The molecule has 5 nitrogen and oxygen atoms in total. The van der Waals surface area contributed by atoms with Crippen LogP contribution in [0.2, 0.25) is 0 Å². The van der Waals surface area contributed by atoms with E-state index >= 15 is 0 Å². The number of benzene rings is 2. The van der Waals surface area contributed by atoms with Gasteiger partial charge >= 0.3 is 0 Å². The topological polar surface area (TPSA) is 59.9 Å². The third-order valence-electron chi connectivity index (χ3n) is 2.88. The smallest absolute Gasteiger partial charge is 0.277 e. The van der Waals surface area contributed by atoms with Crippen LogP contribution in [-0.4, -0.2) is 25.8 Å². The molecular weight excluding hydrogens is 280 g/mol. The van der Waals surface area contributed by atoms with E-state index in [2.05, 4.69) is 10.5 Å². The molecule has 0 heterocycles. The van der Waals surface area contributed by atoms with Crippen molar-refractivity contribution in [1.82, 2.24) is 5.43 Å². The maximum absolute atomic E-state index is 11.6. The highest BCUT2D eigenvalue weighted by molar-refractivity contribution is 5.78. The van der Waals surface area contributed by atoms with Crippen LogP contribution in [-0.2, 0) is 11.2 Å². The van der Waals surface area contributed by atoms with Gasteiger partial charge in [0, 0.05) is 12.6 Å². The normalized spacial score (nSPS) is 10.4. The molecule has 5 heteroatoms. The van der Waals surface area contributed by atoms with E-state index in [0.29, 0.717) is 17.9 Å². The Labute approximate surface area is 129 Å². The highest BCUT2D eigenvalue weighted by Crippen LogP contribution is 2.25. The second kappa shape index (κ2) is 8.46. The molecule has 2 aromatic carbocycles. The average molecular weight is 298 g/mol. The maximum atomic E-state index is 11.6. The van der Waals surface area contributed by atoms with Crippen LogP contribution in [0.4, 0.5) is 0 Å². The van der Waals surface area contributed by atoms with E-state index in [1.54, 1.807) is 25.5 Å². The largest absolute Gasteiger partial charge is 0.493 e. The van der Waals surface area contributed by atoms with Crippen LogP contribution in [0.15, 0.2) is 59.7 Å². The Morgan fingerprint density at radius 1 is 1.09 bits per heavy atom. The molecule has 0 spiro atoms. The molecule has 0 saturated heterocycles. The van der Waals surface area contributed by atoms with Crippen LogP contribution in [0.25, 0.3) is 0 Å². The number of hydrogen-bond acceptors (Lipinski definition) is 4. The van der Waals surface area contributed by atoms with Gasteiger partial charge in [-0.25, -0.2) is 5.43 Å². The first kappa shape index (κ1) is 15.6. The number of hydrogen-bond donors (Lipinski definition) is 1. The molecule has 114 valence electrons. The van der Waals surface area contributed by atoms with Gasteiger partial charge in [0.25, 0.3) is 5.91 Å². The van der Waals surface area contributed by atoms with Crippen molar-refractivity contribution in [2.75, 3.05) is 13.7 Å². The first-order valence-corrected chi connectivity index (χ1v) is 6.89.